The lowest BCUT2D eigenvalue weighted by atomic mass is 10.1. The molecule has 0 aromatic heterocycles. The summed E-state index contributed by atoms with van der Waals surface area (Å²) in [5.41, 5.74) is -1.78. The number of nitro benzene ring substituents is 3. The minimum Gasteiger partial charge on any atom is -0.497 e. The summed E-state index contributed by atoms with van der Waals surface area (Å²) in [5, 5.41) is 46.1. The van der Waals surface area contributed by atoms with E-state index in [1.165, 1.54) is 16.5 Å². The summed E-state index contributed by atoms with van der Waals surface area (Å²) in [7, 11) is 0. The number of non-ortho nitro benzene ring substituents is 1. The second-order valence-corrected chi connectivity index (χ2v) is 6.98. The predicted molar refractivity (Wildman–Crippen MR) is 125 cm³/mol. The average molecular weight is 468 g/mol. The number of phenols is 1. The first-order valence-electron chi connectivity index (χ1n) is 10.1. The van der Waals surface area contributed by atoms with Crippen LogP contribution in [0.3, 0.4) is 0 Å². The van der Waals surface area contributed by atoms with Gasteiger partial charge in [-0.1, -0.05) is 36.4 Å². The van der Waals surface area contributed by atoms with Crippen molar-refractivity contribution in [1.29, 1.82) is 0 Å². The fraction of sp³-hybridized carbons (Fsp3) is 0.190. The predicted octanol–water partition coefficient (Wildman–Crippen LogP) is 3.74. The zero-order valence-corrected chi connectivity index (χ0v) is 18.0. The lowest BCUT2D eigenvalue weighted by molar-refractivity contribution is -0.404. The number of nitrogens with zero attached hydrogens (tertiary/aromatic N) is 5. The van der Waals surface area contributed by atoms with Crippen molar-refractivity contribution >= 4 is 39.5 Å². The van der Waals surface area contributed by atoms with Gasteiger partial charge in [0.05, 0.1) is 39.1 Å². The van der Waals surface area contributed by atoms with Crippen LogP contribution in [0.1, 0.15) is 6.92 Å². The van der Waals surface area contributed by atoms with E-state index < -0.39 is 37.6 Å². The van der Waals surface area contributed by atoms with Crippen molar-refractivity contribution in [3.05, 3.63) is 84.9 Å². The third-order valence-corrected chi connectivity index (χ3v) is 4.94. The van der Waals surface area contributed by atoms with Gasteiger partial charge >= 0.3 is 11.4 Å². The van der Waals surface area contributed by atoms with Gasteiger partial charge in [0.15, 0.2) is 5.96 Å². The Kier molecular flexibility index (Phi) is 7.16. The van der Waals surface area contributed by atoms with Crippen LogP contribution in [0, 0.1) is 30.3 Å². The summed E-state index contributed by atoms with van der Waals surface area (Å²) in [6, 6.07) is 15.8. The molecular formula is C21H20N6O7. The van der Waals surface area contributed by atoms with Gasteiger partial charge in [-0.25, -0.2) is 0 Å². The molecule has 0 saturated heterocycles. The van der Waals surface area contributed by atoms with E-state index in [1.807, 2.05) is 0 Å². The molecule has 0 spiro atoms. The Morgan fingerprint density at radius 3 is 2.12 bits per heavy atom. The number of guanidine groups is 1. The average Bonchev–Trinajstić information content (AvgIpc) is 3.34. The number of aromatic hydroxyl groups is 1. The lowest BCUT2D eigenvalue weighted by Crippen LogP contribution is -2.38. The first kappa shape index (κ1) is 23.8. The number of nitro groups is 3. The number of benzene rings is 3. The fourth-order valence-corrected chi connectivity index (χ4v) is 3.42. The Labute approximate surface area is 192 Å². The minimum atomic E-state index is -1.21. The molecule has 0 aliphatic carbocycles. The van der Waals surface area contributed by atoms with E-state index in [1.54, 1.807) is 0 Å². The summed E-state index contributed by atoms with van der Waals surface area (Å²) in [4.78, 5) is 34.5. The van der Waals surface area contributed by atoms with Gasteiger partial charge in [-0.05, 0) is 18.4 Å². The summed E-state index contributed by atoms with van der Waals surface area (Å²) in [6.45, 7) is 4.89. The molecule has 1 aliphatic heterocycles. The molecule has 0 amide bonds. The first-order valence-corrected chi connectivity index (χ1v) is 10.1. The Morgan fingerprint density at radius 2 is 1.59 bits per heavy atom. The molecule has 4 rings (SSSR count). The molecule has 0 radical (unpaired) electrons. The van der Waals surface area contributed by atoms with Gasteiger partial charge < -0.3 is 15.3 Å². The highest BCUT2D eigenvalue weighted by atomic mass is 16.6. The Hall–Kier alpha value is -4.81. The zero-order chi connectivity index (χ0) is 24.8. The number of fused-ring (bicyclic) bond motifs is 1. The van der Waals surface area contributed by atoms with Crippen LogP contribution in [-0.4, -0.2) is 45.5 Å². The van der Waals surface area contributed by atoms with E-state index in [0.717, 1.165) is 25.6 Å². The minimum absolute atomic E-state index is 0.447. The first-order chi connectivity index (χ1) is 16.2. The van der Waals surface area contributed by atoms with Crippen LogP contribution < -0.4 is 10.2 Å². The van der Waals surface area contributed by atoms with E-state index in [0.29, 0.717) is 12.1 Å². The van der Waals surface area contributed by atoms with Crippen LogP contribution in [0.25, 0.3) is 10.8 Å². The maximum atomic E-state index is 10.4. The lowest BCUT2D eigenvalue weighted by Gasteiger charge is -2.24. The highest BCUT2D eigenvalue weighted by molar-refractivity contribution is 6.05. The number of hydrogen-bond acceptors (Lipinski definition) is 10. The molecule has 176 valence electrons. The summed E-state index contributed by atoms with van der Waals surface area (Å²) < 4.78 is 0. The van der Waals surface area contributed by atoms with Gasteiger partial charge in [-0.2, -0.15) is 0 Å². The molecule has 0 atom stereocenters. The number of rotatable bonds is 5. The zero-order valence-electron chi connectivity index (χ0n) is 18.0. The van der Waals surface area contributed by atoms with Crippen molar-refractivity contribution < 1.29 is 19.9 Å². The van der Waals surface area contributed by atoms with Crippen LogP contribution in [0.15, 0.2) is 59.6 Å². The van der Waals surface area contributed by atoms with Gasteiger partial charge in [-0.3, -0.25) is 35.3 Å². The largest absolute Gasteiger partial charge is 0.497 e. The van der Waals surface area contributed by atoms with Crippen molar-refractivity contribution in [2.45, 2.75) is 6.92 Å². The molecule has 1 aliphatic rings. The highest BCUT2D eigenvalue weighted by Crippen LogP contribution is 2.39. The van der Waals surface area contributed by atoms with Crippen molar-refractivity contribution in [2.24, 2.45) is 4.99 Å². The topological polar surface area (TPSA) is 177 Å². The van der Waals surface area contributed by atoms with E-state index in [2.05, 4.69) is 64.6 Å². The molecular weight excluding hydrogens is 448 g/mol. The van der Waals surface area contributed by atoms with Crippen LogP contribution in [0.5, 0.6) is 5.75 Å². The molecule has 34 heavy (non-hydrogen) atoms. The maximum absolute atomic E-state index is 10.4. The van der Waals surface area contributed by atoms with Gasteiger partial charge in [0.25, 0.3) is 11.4 Å². The number of phenolic OH excluding ortho intramolecular Hbond substituents is 1. The molecule has 3 aromatic carbocycles. The number of nitrogens with one attached hydrogen (secondary N) is 1. The molecule has 13 nitrogen and oxygen atoms in total. The molecule has 2 N–H and O–H groups in total. The van der Waals surface area contributed by atoms with Gasteiger partial charge in [0.1, 0.15) is 0 Å². The monoisotopic (exact) mass is 468 g/mol. The summed E-state index contributed by atoms with van der Waals surface area (Å²) in [5.74, 6) is -0.213. The molecule has 0 bridgehead atoms. The molecule has 0 fully saturated rings. The maximum Gasteiger partial charge on any atom is 0.324 e. The van der Waals surface area contributed by atoms with Gasteiger partial charge in [0, 0.05) is 18.5 Å². The summed E-state index contributed by atoms with van der Waals surface area (Å²) in [6.07, 6.45) is 0. The van der Waals surface area contributed by atoms with E-state index >= 15 is 0 Å². The molecule has 3 aromatic rings. The fourth-order valence-electron chi connectivity index (χ4n) is 3.42. The number of hydrogen-bond donors (Lipinski definition) is 2. The third kappa shape index (κ3) is 4.98. The standard InChI is InChI=1S/C15H17N3.C6H3N3O7/c1-2-18(15-16-10-11-17-15)14-9-5-7-12-6-3-4-8-13(12)14;10-6-4(8(13)14)1-3(7(11)12)2-5(6)9(15)16/h3-9H,2,10-11H2,1H3,(H,16,17);1-2,10H. The van der Waals surface area contributed by atoms with Gasteiger partial charge in [0.2, 0.25) is 0 Å². The quantitative estimate of drug-likeness (QED) is 0.417. The second kappa shape index (κ2) is 10.2. The number of anilines is 1. The normalized spacial score (nSPS) is 12.2. The smallest absolute Gasteiger partial charge is 0.324 e. The van der Waals surface area contributed by atoms with Crippen LogP contribution in [-0.2, 0) is 0 Å². The Bertz CT molecular complexity index is 1250. The number of aliphatic imine (C=N–C) groups is 1. The highest BCUT2D eigenvalue weighted by Gasteiger charge is 2.30. The van der Waals surface area contributed by atoms with Crippen molar-refractivity contribution in [2.75, 3.05) is 24.5 Å². The Balaban J connectivity index is 0.000000192. The third-order valence-electron chi connectivity index (χ3n) is 4.94. The van der Waals surface area contributed by atoms with Crippen molar-refractivity contribution in [1.82, 2.24) is 5.32 Å². The van der Waals surface area contributed by atoms with Crippen LogP contribution >= 0.6 is 0 Å². The molecule has 1 heterocycles. The summed E-state index contributed by atoms with van der Waals surface area (Å²) >= 11 is 0. The van der Waals surface area contributed by atoms with E-state index in [4.69, 9.17) is 5.11 Å². The van der Waals surface area contributed by atoms with Crippen molar-refractivity contribution in [3.8, 4) is 5.75 Å². The van der Waals surface area contributed by atoms with Crippen LogP contribution in [0.4, 0.5) is 22.7 Å². The van der Waals surface area contributed by atoms with E-state index in [-0.39, 0.29) is 0 Å². The molecule has 0 unspecified atom stereocenters. The van der Waals surface area contributed by atoms with E-state index in [9.17, 15) is 30.3 Å². The SMILES string of the molecule is CCN(C1=NCCN1)c1cccc2ccccc12.O=[N+]([O-])c1cc([N+](=O)[O-])c(O)c([N+](=O)[O-])c1. The molecule has 0 saturated carbocycles. The second-order valence-electron chi connectivity index (χ2n) is 6.98. The van der Waals surface area contributed by atoms with Gasteiger partial charge in [-0.15, -0.1) is 0 Å². The van der Waals surface area contributed by atoms with Crippen molar-refractivity contribution in [3.63, 3.8) is 0 Å². The Morgan fingerprint density at radius 1 is 0.971 bits per heavy atom. The molecule has 13 heteroatoms. The van der Waals surface area contributed by atoms with Crippen LogP contribution in [0.2, 0.25) is 0 Å².